The Kier molecular flexibility index (Phi) is 10.3. The van der Waals surface area contributed by atoms with Gasteiger partial charge in [0.25, 0.3) is 0 Å². The number of fused-ring (bicyclic) bond motifs is 1. The van der Waals surface area contributed by atoms with Crippen molar-refractivity contribution in [1.29, 1.82) is 0 Å². The summed E-state index contributed by atoms with van der Waals surface area (Å²) in [6, 6.07) is 54.0. The van der Waals surface area contributed by atoms with E-state index in [1.165, 1.54) is 12.1 Å². The first-order chi connectivity index (χ1) is 35.3. The molecule has 0 fully saturated rings. The molecule has 0 saturated heterocycles. The molecule has 0 spiro atoms. The summed E-state index contributed by atoms with van der Waals surface area (Å²) in [6.45, 7) is 4.23. The van der Waals surface area contributed by atoms with Crippen molar-refractivity contribution in [2.24, 2.45) is 0 Å². The zero-order valence-electron chi connectivity index (χ0n) is 47.8. The van der Waals surface area contributed by atoms with Crippen molar-refractivity contribution in [3.05, 3.63) is 192 Å². The molecule has 67 heavy (non-hydrogen) atoms. The van der Waals surface area contributed by atoms with Crippen molar-refractivity contribution in [3.8, 4) is 78.6 Å². The number of benzene rings is 7. The molecular formula is C62H60N3OPt-. The van der Waals surface area contributed by atoms with E-state index < -0.39 is 26.0 Å². The molecule has 0 aliphatic heterocycles. The minimum atomic E-state index is -3.49. The molecule has 0 saturated carbocycles. The first-order valence-corrected chi connectivity index (χ1v) is 22.6. The predicted octanol–water partition coefficient (Wildman–Crippen LogP) is 16.8. The summed E-state index contributed by atoms with van der Waals surface area (Å²) < 4.78 is 79.5. The Balaban J connectivity index is 0.00000765. The smallest absolute Gasteiger partial charge is 0.148 e. The fourth-order valence-corrected chi connectivity index (χ4v) is 8.71. The molecule has 4 nitrogen and oxygen atoms in total. The molecule has 0 radical (unpaired) electrons. The van der Waals surface area contributed by atoms with Gasteiger partial charge in [0.05, 0.1) is 22.3 Å². The topological polar surface area (TPSA) is 50.9 Å². The summed E-state index contributed by atoms with van der Waals surface area (Å²) in [5.74, 6) is 0.395. The number of phenols is 1. The SMILES string of the molecule is [2H]C([2H])([2H])C(c1ccc(-n2c(-c3cc(C(C)C)cc(C(C)C)c3O)nc3c(-c4[c-]c(-c5cc(-c6ccc(-c7ccccc7)cc6)ccn5)cc(C(C)(C)C)c4)cccc32)c(-c2ccccc2)c1)(C([2H])([2H])[2H])C([2H])([2H])[2H].[Pt]. The molecule has 2 heterocycles. The van der Waals surface area contributed by atoms with Crippen LogP contribution in [0.3, 0.4) is 0 Å². The van der Waals surface area contributed by atoms with Crippen LogP contribution in [0, 0.1) is 6.07 Å². The van der Waals surface area contributed by atoms with Crippen molar-refractivity contribution in [1.82, 2.24) is 14.5 Å². The molecule has 0 atom stereocenters. The zero-order valence-corrected chi connectivity index (χ0v) is 41.1. The van der Waals surface area contributed by atoms with E-state index in [2.05, 4.69) is 95.3 Å². The monoisotopic (exact) mass is 1070 g/mol. The number of nitrogens with zero attached hydrogens (tertiary/aromatic N) is 3. The van der Waals surface area contributed by atoms with Crippen LogP contribution in [0.1, 0.15) is 115 Å². The molecule has 9 rings (SSSR count). The van der Waals surface area contributed by atoms with Crippen LogP contribution >= 0.6 is 0 Å². The van der Waals surface area contributed by atoms with Crippen LogP contribution in [0.2, 0.25) is 0 Å². The van der Waals surface area contributed by atoms with Crippen molar-refractivity contribution in [3.63, 3.8) is 0 Å². The van der Waals surface area contributed by atoms with Gasteiger partial charge in [0, 0.05) is 50.9 Å². The fourth-order valence-electron chi connectivity index (χ4n) is 8.71. The van der Waals surface area contributed by atoms with Crippen molar-refractivity contribution < 1.29 is 38.5 Å². The normalized spacial score (nSPS) is 14.5. The third-order valence-corrected chi connectivity index (χ3v) is 12.5. The van der Waals surface area contributed by atoms with Crippen LogP contribution in [0.5, 0.6) is 5.75 Å². The predicted molar refractivity (Wildman–Crippen MR) is 278 cm³/mol. The molecule has 2 aromatic heterocycles. The summed E-state index contributed by atoms with van der Waals surface area (Å²) in [5, 5.41) is 12.4. The number of imidazole rings is 1. The summed E-state index contributed by atoms with van der Waals surface area (Å²) in [5.41, 5.74) is 9.07. The molecular weight excluding hydrogens is 998 g/mol. The maximum absolute atomic E-state index is 12.4. The molecule has 0 amide bonds. The summed E-state index contributed by atoms with van der Waals surface area (Å²) in [7, 11) is 0. The van der Waals surface area contributed by atoms with Gasteiger partial charge in [-0.05, 0) is 97.5 Å². The average molecular weight is 1070 g/mol. The molecule has 7 aromatic carbocycles. The Hall–Kier alpha value is -6.35. The van der Waals surface area contributed by atoms with Crippen molar-refractivity contribution in [2.75, 3.05) is 0 Å². The largest absolute Gasteiger partial charge is 0.507 e. The maximum atomic E-state index is 12.4. The number of aromatic hydroxyl groups is 1. The molecule has 0 unspecified atom stereocenters. The number of para-hydroxylation sites is 1. The number of hydrogen-bond donors (Lipinski definition) is 1. The van der Waals surface area contributed by atoms with E-state index in [1.807, 2.05) is 85.3 Å². The molecule has 1 N–H and O–H groups in total. The van der Waals surface area contributed by atoms with Gasteiger partial charge in [-0.2, -0.15) is 0 Å². The third kappa shape index (κ3) is 9.47. The van der Waals surface area contributed by atoms with Gasteiger partial charge in [0.2, 0.25) is 0 Å². The van der Waals surface area contributed by atoms with Gasteiger partial charge in [-0.25, -0.2) is 4.98 Å². The summed E-state index contributed by atoms with van der Waals surface area (Å²) in [6.07, 6.45) is 1.82. The number of aromatic nitrogens is 3. The second-order valence-corrected chi connectivity index (χ2v) is 18.9. The van der Waals surface area contributed by atoms with Crippen LogP contribution in [0.15, 0.2) is 164 Å². The summed E-state index contributed by atoms with van der Waals surface area (Å²) in [4.78, 5) is 10.4. The van der Waals surface area contributed by atoms with Crippen LogP contribution in [-0.4, -0.2) is 19.6 Å². The van der Waals surface area contributed by atoms with Crippen molar-refractivity contribution >= 4 is 11.0 Å². The van der Waals surface area contributed by atoms with E-state index in [4.69, 9.17) is 22.3 Å². The molecule has 0 aliphatic carbocycles. The second kappa shape index (κ2) is 18.7. The zero-order chi connectivity index (χ0) is 54.0. The Labute approximate surface area is 424 Å². The first-order valence-electron chi connectivity index (χ1n) is 27.1. The van der Waals surface area contributed by atoms with Crippen LogP contribution in [0.25, 0.3) is 83.9 Å². The van der Waals surface area contributed by atoms with E-state index in [0.717, 1.165) is 61.3 Å². The molecule has 5 heteroatoms. The number of hydrogen-bond acceptors (Lipinski definition) is 3. The first kappa shape index (κ1) is 36.7. The minimum absolute atomic E-state index is 0. The van der Waals surface area contributed by atoms with Crippen LogP contribution < -0.4 is 0 Å². The average Bonchev–Trinajstić information content (AvgIpc) is 3.78. The molecule has 0 aliphatic rings. The Morgan fingerprint density at radius 2 is 1.21 bits per heavy atom. The quantitative estimate of drug-likeness (QED) is 0.147. The van der Waals surface area contributed by atoms with Gasteiger partial charge in [0.1, 0.15) is 11.6 Å². The van der Waals surface area contributed by atoms with Gasteiger partial charge >= 0.3 is 0 Å². The maximum Gasteiger partial charge on any atom is 0.148 e. The third-order valence-electron chi connectivity index (χ3n) is 12.5. The standard InChI is InChI=1S/C62H60N3O.Pt/c1-39(2)46-35-52(40(3)4)59(66)54(36-46)60-64-58-51(22-17-23-57(58)65(60)56-29-28-49(61(5,6)7)38-53(56)44-20-15-12-16-21-44)47-32-48(34-50(33-47)62(8,9)10)55-37-45(30-31-63-55)43-26-24-42(25-27-43)41-18-13-11-14-19-41;/h11-31,33-40,66H,1-10H3;/q-1;/i5D3,6D3,7D3;. The number of phenolic OH excluding ortho intramolecular Hbond substituents is 1. The van der Waals surface area contributed by atoms with E-state index in [0.29, 0.717) is 39.2 Å². The molecule has 0 bridgehead atoms. The van der Waals surface area contributed by atoms with Gasteiger partial charge in [0.15, 0.2) is 0 Å². The summed E-state index contributed by atoms with van der Waals surface area (Å²) >= 11 is 0. The van der Waals surface area contributed by atoms with Gasteiger partial charge in [-0.1, -0.05) is 195 Å². The Bertz CT molecular complexity index is 3520. The molecule has 9 aromatic rings. The van der Waals surface area contributed by atoms with Crippen LogP contribution in [-0.2, 0) is 31.9 Å². The fraction of sp³-hybridized carbons (Fsp3) is 0.226. The number of rotatable bonds is 9. The Morgan fingerprint density at radius 1 is 0.567 bits per heavy atom. The van der Waals surface area contributed by atoms with E-state index >= 15 is 0 Å². The minimum Gasteiger partial charge on any atom is -0.507 e. The second-order valence-electron chi connectivity index (χ2n) is 18.9. The van der Waals surface area contributed by atoms with E-state index in [9.17, 15) is 5.11 Å². The Morgan fingerprint density at radius 3 is 1.85 bits per heavy atom. The van der Waals surface area contributed by atoms with Gasteiger partial charge in [-0.15, -0.1) is 29.3 Å². The molecule has 340 valence electrons. The van der Waals surface area contributed by atoms with Gasteiger partial charge < -0.3 is 5.11 Å². The van der Waals surface area contributed by atoms with E-state index in [-0.39, 0.29) is 49.6 Å². The van der Waals surface area contributed by atoms with E-state index in [1.54, 1.807) is 30.3 Å². The number of pyridine rings is 1. The van der Waals surface area contributed by atoms with Crippen LogP contribution in [0.4, 0.5) is 0 Å². The van der Waals surface area contributed by atoms with Crippen molar-refractivity contribution in [2.45, 2.75) is 91.7 Å². The van der Waals surface area contributed by atoms with Gasteiger partial charge in [-0.3, -0.25) is 9.55 Å².